The average Bonchev–Trinajstić information content (AvgIpc) is 3.23. The maximum atomic E-state index is 8.02. The van der Waals surface area contributed by atoms with Gasteiger partial charge in [-0.2, -0.15) is 0 Å². The molecule has 0 amide bonds. The predicted octanol–water partition coefficient (Wildman–Crippen LogP) is 17.7. The van der Waals surface area contributed by atoms with Crippen molar-refractivity contribution in [3.8, 4) is 11.5 Å². The van der Waals surface area contributed by atoms with Crippen LogP contribution in [0, 0.1) is 0 Å². The van der Waals surface area contributed by atoms with Gasteiger partial charge in [-0.1, -0.05) is 0 Å². The molecule has 0 spiro atoms. The van der Waals surface area contributed by atoms with E-state index in [1.165, 1.54) is 216 Å². The zero-order chi connectivity index (χ0) is 41.2. The van der Waals surface area contributed by atoms with Crippen molar-refractivity contribution in [1.82, 2.24) is 0 Å². The van der Waals surface area contributed by atoms with E-state index in [0.29, 0.717) is 0 Å². The third-order valence-corrected chi connectivity index (χ3v) is 19.2. The van der Waals surface area contributed by atoms with Crippen molar-refractivity contribution in [2.75, 3.05) is 24.6 Å². The number of unbranched alkanes of at least 4 members (excludes halogenated alkanes) is 22. The minimum atomic E-state index is -2.82. The molecule has 0 aliphatic heterocycles. The summed E-state index contributed by atoms with van der Waals surface area (Å²) >= 11 is 0. The van der Waals surface area contributed by atoms with E-state index in [2.05, 4.69) is 90.1 Å². The van der Waals surface area contributed by atoms with Crippen LogP contribution in [-0.2, 0) is 17.3 Å². The Kier molecular flexibility index (Phi) is 30.1. The third kappa shape index (κ3) is 23.2. The van der Waals surface area contributed by atoms with E-state index in [-0.39, 0.29) is 0 Å². The summed E-state index contributed by atoms with van der Waals surface area (Å²) in [5.41, 5.74) is 2.75. The summed E-state index contributed by atoms with van der Waals surface area (Å²) in [5, 5.41) is 0. The minimum absolute atomic E-state index is 0.758. The first-order valence-corrected chi connectivity index (χ1v) is 28.1. The fraction of sp³-hybridized carbons (Fsp3) is 0.769. The van der Waals surface area contributed by atoms with Crippen molar-refractivity contribution in [3.63, 3.8) is 0 Å². The van der Waals surface area contributed by atoms with Crippen molar-refractivity contribution in [3.05, 3.63) is 59.7 Å². The second-order valence-corrected chi connectivity index (χ2v) is 23.7. The monoisotopic (exact) mass is 809 g/mol. The van der Waals surface area contributed by atoms with Crippen molar-refractivity contribution < 1.29 is 13.7 Å². The fourth-order valence-corrected chi connectivity index (χ4v) is 15.2. The van der Waals surface area contributed by atoms with Gasteiger partial charge >= 0.3 is 358 Å². The number of benzene rings is 2. The first kappa shape index (κ1) is 51.6. The third-order valence-electron chi connectivity index (χ3n) is 12.6. The predicted molar refractivity (Wildman–Crippen MR) is 258 cm³/mol. The van der Waals surface area contributed by atoms with Crippen LogP contribution in [0.25, 0.3) is 0 Å². The summed E-state index contributed by atoms with van der Waals surface area (Å²) < 4.78 is 22.0. The molecule has 0 unspecified atom stereocenters. The van der Waals surface area contributed by atoms with Crippen LogP contribution in [0.15, 0.2) is 48.5 Å². The van der Waals surface area contributed by atoms with Gasteiger partial charge in [-0.05, 0) is 0 Å². The number of rotatable bonds is 40. The molecule has 0 aliphatic carbocycles. The molecule has 328 valence electrons. The molecule has 3 nitrogen and oxygen atoms in total. The molecule has 2 aromatic carbocycles. The van der Waals surface area contributed by atoms with Gasteiger partial charge in [0.2, 0.25) is 0 Å². The summed E-state index contributed by atoms with van der Waals surface area (Å²) in [7, 11) is -0.758. The number of hydrogen-bond donors (Lipinski definition) is 0. The Balaban J connectivity index is 2.62. The molecule has 0 radical (unpaired) electrons. The molecule has 0 atom stereocenters. The van der Waals surface area contributed by atoms with Crippen molar-refractivity contribution in [2.24, 2.45) is 0 Å². The summed E-state index contributed by atoms with van der Waals surface area (Å²) in [6.45, 7) is 11.0. The van der Waals surface area contributed by atoms with Gasteiger partial charge < -0.3 is 0 Å². The molecule has 0 bridgehead atoms. The molecule has 0 saturated carbocycles. The topological polar surface area (TPSA) is 27.7 Å². The second-order valence-electron chi connectivity index (χ2n) is 17.9. The summed E-state index contributed by atoms with van der Waals surface area (Å²) in [6.07, 6.45) is 43.7. The summed E-state index contributed by atoms with van der Waals surface area (Å²) in [5.74, 6) is 1.71. The molecule has 5 heteroatoms. The molecular formula is C52H94BO3P. The molecule has 0 fully saturated rings. The quantitative estimate of drug-likeness (QED) is 0.0381. The Morgan fingerprint density at radius 3 is 0.877 bits per heavy atom. The zero-order valence-electron chi connectivity index (χ0n) is 38.9. The molecule has 0 heterocycles. The maximum absolute atomic E-state index is 8.02. The Hall–Kier alpha value is -1.51. The van der Waals surface area contributed by atoms with Gasteiger partial charge in [0, 0.05) is 0 Å². The van der Waals surface area contributed by atoms with E-state index in [4.69, 9.17) is 13.7 Å². The molecule has 0 aromatic heterocycles. The van der Waals surface area contributed by atoms with Crippen LogP contribution in [0.1, 0.15) is 232 Å². The summed E-state index contributed by atoms with van der Waals surface area (Å²) in [4.78, 5) is 0. The van der Waals surface area contributed by atoms with Crippen LogP contribution in [0.5, 0.6) is 11.5 Å². The van der Waals surface area contributed by atoms with Crippen LogP contribution in [0.2, 0.25) is 0 Å². The first-order chi connectivity index (χ1) is 27.9. The summed E-state index contributed by atoms with van der Waals surface area (Å²) in [6, 6.07) is 17.7. The molecule has 2 rings (SSSR count). The van der Waals surface area contributed by atoms with Gasteiger partial charge in [0.15, 0.2) is 0 Å². The van der Waals surface area contributed by atoms with Crippen molar-refractivity contribution in [2.45, 2.75) is 234 Å². The van der Waals surface area contributed by atoms with Crippen LogP contribution >= 0.6 is 6.83 Å². The van der Waals surface area contributed by atoms with Crippen molar-refractivity contribution >= 4 is 14.2 Å². The van der Waals surface area contributed by atoms with Crippen LogP contribution in [0.3, 0.4) is 0 Å². The van der Waals surface area contributed by atoms with Gasteiger partial charge in [-0.25, -0.2) is 0 Å². The van der Waals surface area contributed by atoms with E-state index in [0.717, 1.165) is 24.3 Å². The van der Waals surface area contributed by atoms with Crippen LogP contribution in [0.4, 0.5) is 0 Å². The molecule has 0 aliphatic rings. The zero-order valence-corrected chi connectivity index (χ0v) is 39.8. The van der Waals surface area contributed by atoms with E-state index in [1.807, 2.05) is 0 Å². The van der Waals surface area contributed by atoms with E-state index in [1.54, 1.807) is 0 Å². The fourth-order valence-electron chi connectivity index (χ4n) is 8.81. The van der Waals surface area contributed by atoms with Gasteiger partial charge in [0.05, 0.1) is 0 Å². The van der Waals surface area contributed by atoms with Gasteiger partial charge in [0.25, 0.3) is 0 Å². The Labute approximate surface area is 356 Å². The standard InChI is InChI=1S/C52H94BO3P/c1-7-13-19-23-27-31-45-57(46-32-28-24-20-14-8-2,47-33-29-25-21-15-9-3,48-34-30-26-22-16-10-4)56-53(54-51-41-37-49(38-42-51)35-17-11-5)55-52-43-39-50(40-44-52)36-18-12-6/h37-44H,7-36,45-48H2,1-6H3. The Morgan fingerprint density at radius 1 is 0.333 bits per heavy atom. The van der Waals surface area contributed by atoms with Crippen LogP contribution < -0.4 is 9.31 Å². The van der Waals surface area contributed by atoms with E-state index >= 15 is 0 Å². The van der Waals surface area contributed by atoms with Gasteiger partial charge in [-0.3, -0.25) is 0 Å². The first-order valence-electron chi connectivity index (χ1n) is 25.2. The molecule has 2 aromatic rings. The Bertz CT molecular complexity index is 1060. The molecule has 0 N–H and O–H groups in total. The van der Waals surface area contributed by atoms with Crippen LogP contribution in [-0.4, -0.2) is 32.0 Å². The van der Waals surface area contributed by atoms with Crippen molar-refractivity contribution in [1.29, 1.82) is 0 Å². The van der Waals surface area contributed by atoms with E-state index in [9.17, 15) is 0 Å². The average molecular weight is 809 g/mol. The molecule has 0 saturated heterocycles. The van der Waals surface area contributed by atoms with Gasteiger partial charge in [0.1, 0.15) is 0 Å². The van der Waals surface area contributed by atoms with E-state index < -0.39 is 14.2 Å². The molecular weight excluding hydrogens is 714 g/mol. The van der Waals surface area contributed by atoms with Gasteiger partial charge in [-0.15, -0.1) is 0 Å². The SMILES string of the molecule is CCCCCCCCP(CCCCCCCC)(CCCCCCCC)(CCCCCCCC)OB(Oc1ccc(CCCC)cc1)Oc1ccc(CCCC)cc1. The normalized spacial score (nSPS) is 12.4. The Morgan fingerprint density at radius 2 is 0.596 bits per heavy atom. The number of aryl methyl sites for hydroxylation is 2. The molecule has 57 heavy (non-hydrogen) atoms. The second kappa shape index (κ2) is 33.2. The number of hydrogen-bond acceptors (Lipinski definition) is 3.